The molecule has 2 aromatic heterocycles. The van der Waals surface area contributed by atoms with Crippen LogP contribution >= 0.6 is 0 Å². The molecule has 0 bridgehead atoms. The number of halogens is 1. The lowest BCUT2D eigenvalue weighted by atomic mass is 10.2. The molecule has 1 saturated heterocycles. The molecular weight excluding hydrogens is 401 g/mol. The third-order valence-electron chi connectivity index (χ3n) is 5.71. The molecule has 9 nitrogen and oxygen atoms in total. The van der Waals surface area contributed by atoms with Crippen LogP contribution in [0.1, 0.15) is 30.1 Å². The van der Waals surface area contributed by atoms with E-state index in [1.54, 1.807) is 19.3 Å². The van der Waals surface area contributed by atoms with Crippen molar-refractivity contribution in [2.45, 2.75) is 25.3 Å². The van der Waals surface area contributed by atoms with E-state index in [0.717, 1.165) is 32.5 Å². The van der Waals surface area contributed by atoms with Crippen LogP contribution in [0, 0.1) is 5.82 Å². The molecule has 10 heteroatoms. The first-order valence-corrected chi connectivity index (χ1v) is 10.4. The molecule has 31 heavy (non-hydrogen) atoms. The number of ether oxygens (including phenoxy) is 1. The Hall–Kier alpha value is -3.27. The van der Waals surface area contributed by atoms with Gasteiger partial charge in [-0.1, -0.05) is 0 Å². The van der Waals surface area contributed by atoms with Crippen molar-refractivity contribution in [1.29, 1.82) is 0 Å². The zero-order valence-electron chi connectivity index (χ0n) is 17.5. The predicted molar refractivity (Wildman–Crippen MR) is 114 cm³/mol. The van der Waals surface area contributed by atoms with E-state index in [9.17, 15) is 9.18 Å². The largest absolute Gasteiger partial charge is 0.477 e. The second-order valence-corrected chi connectivity index (χ2v) is 8.10. The van der Waals surface area contributed by atoms with Crippen molar-refractivity contribution in [1.82, 2.24) is 25.1 Å². The van der Waals surface area contributed by atoms with Crippen LogP contribution in [0.15, 0.2) is 24.5 Å². The Morgan fingerprint density at radius 1 is 1.39 bits per heavy atom. The Kier molecular flexibility index (Phi) is 4.73. The number of carbonyl (C=O) groups excluding carboxylic acids is 1. The number of hydrogen-bond donors (Lipinski definition) is 2. The first-order chi connectivity index (χ1) is 15.0. The summed E-state index contributed by atoms with van der Waals surface area (Å²) < 4.78 is 21.5. The normalized spacial score (nSPS) is 17.2. The SMILES string of the molecule is CCOc1nc(N2CCNC3(CC3)C2)ncc1C(=O)Nc1cc(F)c2nn(C)cc2c1. The number of rotatable bonds is 5. The highest BCUT2D eigenvalue weighted by Gasteiger charge is 2.46. The number of nitrogens with zero attached hydrogens (tertiary/aromatic N) is 5. The van der Waals surface area contributed by atoms with Crippen molar-refractivity contribution in [3.63, 3.8) is 0 Å². The Labute approximate surface area is 178 Å². The van der Waals surface area contributed by atoms with Gasteiger partial charge in [-0.3, -0.25) is 9.48 Å². The molecule has 2 fully saturated rings. The van der Waals surface area contributed by atoms with Crippen LogP contribution < -0.4 is 20.3 Å². The van der Waals surface area contributed by atoms with Gasteiger partial charge in [0.2, 0.25) is 11.8 Å². The Morgan fingerprint density at radius 3 is 3.00 bits per heavy atom. The summed E-state index contributed by atoms with van der Waals surface area (Å²) in [6.45, 7) is 4.70. The molecule has 1 saturated carbocycles. The van der Waals surface area contributed by atoms with E-state index >= 15 is 0 Å². The Balaban J connectivity index is 1.40. The summed E-state index contributed by atoms with van der Waals surface area (Å²) in [5.41, 5.74) is 0.965. The van der Waals surface area contributed by atoms with Gasteiger partial charge in [0.1, 0.15) is 11.1 Å². The second-order valence-electron chi connectivity index (χ2n) is 8.10. The smallest absolute Gasteiger partial charge is 0.262 e. The van der Waals surface area contributed by atoms with E-state index in [0.29, 0.717) is 23.6 Å². The van der Waals surface area contributed by atoms with E-state index < -0.39 is 11.7 Å². The van der Waals surface area contributed by atoms with Gasteiger partial charge in [0, 0.05) is 55.7 Å². The summed E-state index contributed by atoms with van der Waals surface area (Å²) in [7, 11) is 1.72. The summed E-state index contributed by atoms with van der Waals surface area (Å²) in [6.07, 6.45) is 5.47. The van der Waals surface area contributed by atoms with Crippen LogP contribution in [0.2, 0.25) is 0 Å². The molecule has 1 aliphatic heterocycles. The van der Waals surface area contributed by atoms with Gasteiger partial charge in [-0.05, 0) is 31.9 Å². The molecule has 1 aromatic carbocycles. The highest BCUT2D eigenvalue weighted by Crippen LogP contribution is 2.38. The number of amides is 1. The van der Waals surface area contributed by atoms with Gasteiger partial charge in [0.25, 0.3) is 5.91 Å². The van der Waals surface area contributed by atoms with Crippen molar-refractivity contribution < 1.29 is 13.9 Å². The minimum absolute atomic E-state index is 0.179. The number of benzene rings is 1. The highest BCUT2D eigenvalue weighted by atomic mass is 19.1. The van der Waals surface area contributed by atoms with Crippen molar-refractivity contribution >= 4 is 28.4 Å². The summed E-state index contributed by atoms with van der Waals surface area (Å²) >= 11 is 0. The van der Waals surface area contributed by atoms with Crippen molar-refractivity contribution in [3.8, 4) is 5.88 Å². The number of anilines is 2. The van der Waals surface area contributed by atoms with Crippen LogP contribution in [-0.2, 0) is 7.05 Å². The zero-order valence-corrected chi connectivity index (χ0v) is 17.5. The minimum atomic E-state index is -0.502. The van der Waals surface area contributed by atoms with E-state index in [1.807, 2.05) is 6.92 Å². The number of carbonyl (C=O) groups is 1. The Morgan fingerprint density at radius 2 is 2.23 bits per heavy atom. The maximum Gasteiger partial charge on any atom is 0.262 e. The summed E-state index contributed by atoms with van der Waals surface area (Å²) in [5.74, 6) is -0.193. The average Bonchev–Trinajstić information content (AvgIpc) is 3.36. The molecule has 1 spiro atoms. The van der Waals surface area contributed by atoms with E-state index in [2.05, 4.69) is 30.6 Å². The fourth-order valence-electron chi connectivity index (χ4n) is 4.01. The van der Waals surface area contributed by atoms with E-state index in [1.165, 1.54) is 16.9 Å². The quantitative estimate of drug-likeness (QED) is 0.646. The van der Waals surface area contributed by atoms with Gasteiger partial charge in [-0.25, -0.2) is 9.37 Å². The molecule has 5 rings (SSSR count). The van der Waals surface area contributed by atoms with Crippen LogP contribution in [0.3, 0.4) is 0 Å². The lowest BCUT2D eigenvalue weighted by molar-refractivity contribution is 0.102. The summed E-state index contributed by atoms with van der Waals surface area (Å²) in [4.78, 5) is 24.0. The average molecular weight is 425 g/mol. The van der Waals surface area contributed by atoms with Gasteiger partial charge in [-0.2, -0.15) is 10.1 Å². The zero-order chi connectivity index (χ0) is 21.6. The van der Waals surface area contributed by atoms with Crippen LogP contribution in [0.25, 0.3) is 10.9 Å². The molecule has 2 aliphatic rings. The van der Waals surface area contributed by atoms with Crippen molar-refractivity contribution in [3.05, 3.63) is 35.9 Å². The van der Waals surface area contributed by atoms with Gasteiger partial charge in [0.05, 0.1) is 6.61 Å². The standard InChI is InChI=1S/C21H24FN7O2/c1-3-31-19-15(10-23-20(26-19)29-7-6-24-21(12-29)4-5-21)18(30)25-14-8-13-11-28(2)27-17(13)16(22)9-14/h8-11,24H,3-7,12H2,1-2H3,(H,25,30). The third-order valence-corrected chi connectivity index (χ3v) is 5.71. The molecule has 1 amide bonds. The van der Waals surface area contributed by atoms with Crippen LogP contribution in [-0.4, -0.2) is 57.4 Å². The molecule has 2 N–H and O–H groups in total. The Bertz CT molecular complexity index is 1160. The monoisotopic (exact) mass is 425 g/mol. The lowest BCUT2D eigenvalue weighted by Crippen LogP contribution is -2.53. The number of aromatic nitrogens is 4. The molecule has 162 valence electrons. The molecule has 3 aromatic rings. The first kappa shape index (κ1) is 19.7. The van der Waals surface area contributed by atoms with Gasteiger partial charge < -0.3 is 20.3 Å². The third kappa shape index (κ3) is 3.78. The molecule has 0 atom stereocenters. The summed E-state index contributed by atoms with van der Waals surface area (Å²) in [6, 6.07) is 2.92. The highest BCUT2D eigenvalue weighted by molar-refractivity contribution is 6.06. The maximum atomic E-state index is 14.4. The molecular formula is C21H24FN7O2. The van der Waals surface area contributed by atoms with Gasteiger partial charge >= 0.3 is 0 Å². The van der Waals surface area contributed by atoms with Gasteiger partial charge in [0.15, 0.2) is 5.82 Å². The summed E-state index contributed by atoms with van der Waals surface area (Å²) in [5, 5.41) is 11.0. The number of aryl methyl sites for hydroxylation is 1. The van der Waals surface area contributed by atoms with Crippen LogP contribution in [0.4, 0.5) is 16.0 Å². The molecule has 0 radical (unpaired) electrons. The van der Waals surface area contributed by atoms with Crippen molar-refractivity contribution in [2.75, 3.05) is 36.5 Å². The minimum Gasteiger partial charge on any atom is -0.477 e. The predicted octanol–water partition coefficient (Wildman–Crippen LogP) is 2.10. The van der Waals surface area contributed by atoms with Crippen LogP contribution in [0.5, 0.6) is 5.88 Å². The topological polar surface area (TPSA) is 97.2 Å². The molecule has 0 unspecified atom stereocenters. The number of nitrogens with one attached hydrogen (secondary N) is 2. The first-order valence-electron chi connectivity index (χ1n) is 10.4. The molecule has 3 heterocycles. The second kappa shape index (κ2) is 7.45. The van der Waals surface area contributed by atoms with E-state index in [4.69, 9.17) is 4.74 Å². The number of hydrogen-bond acceptors (Lipinski definition) is 7. The van der Waals surface area contributed by atoms with E-state index in [-0.39, 0.29) is 22.5 Å². The number of piperazine rings is 1. The fourth-order valence-corrected chi connectivity index (χ4v) is 4.01. The molecule has 1 aliphatic carbocycles. The number of fused-ring (bicyclic) bond motifs is 1. The van der Waals surface area contributed by atoms with Crippen molar-refractivity contribution in [2.24, 2.45) is 7.05 Å². The van der Waals surface area contributed by atoms with Gasteiger partial charge in [-0.15, -0.1) is 0 Å². The fraction of sp³-hybridized carbons (Fsp3) is 0.429. The maximum absolute atomic E-state index is 14.4. The lowest BCUT2D eigenvalue weighted by Gasteiger charge is -2.34.